The SMILES string of the molecule is Cl.Cl.O=C(O)[C@@H]1C[C@H]2CNC[C@H]2N1. The van der Waals surface area contributed by atoms with Crippen molar-refractivity contribution in [1.29, 1.82) is 0 Å². The van der Waals surface area contributed by atoms with Gasteiger partial charge in [-0.3, -0.25) is 10.1 Å². The van der Waals surface area contributed by atoms with Crippen molar-refractivity contribution in [3.63, 3.8) is 0 Å². The van der Waals surface area contributed by atoms with E-state index in [4.69, 9.17) is 5.11 Å². The maximum Gasteiger partial charge on any atom is 0.320 e. The van der Waals surface area contributed by atoms with E-state index in [2.05, 4.69) is 10.6 Å². The second-order valence-electron chi connectivity index (χ2n) is 3.32. The Morgan fingerprint density at radius 1 is 1.31 bits per heavy atom. The maximum absolute atomic E-state index is 10.5. The molecule has 2 aliphatic heterocycles. The summed E-state index contributed by atoms with van der Waals surface area (Å²) < 4.78 is 0. The zero-order valence-corrected chi connectivity index (χ0v) is 8.66. The third-order valence-corrected chi connectivity index (χ3v) is 2.59. The zero-order valence-electron chi connectivity index (χ0n) is 7.03. The van der Waals surface area contributed by atoms with Crippen molar-refractivity contribution in [2.45, 2.75) is 18.5 Å². The van der Waals surface area contributed by atoms with E-state index in [1.807, 2.05) is 0 Å². The second kappa shape index (κ2) is 5.00. The van der Waals surface area contributed by atoms with E-state index in [0.29, 0.717) is 12.0 Å². The van der Waals surface area contributed by atoms with Crippen LogP contribution >= 0.6 is 24.8 Å². The maximum atomic E-state index is 10.5. The molecule has 0 aromatic rings. The molecule has 0 aliphatic carbocycles. The summed E-state index contributed by atoms with van der Waals surface area (Å²) in [7, 11) is 0. The van der Waals surface area contributed by atoms with Crippen LogP contribution < -0.4 is 10.6 Å². The van der Waals surface area contributed by atoms with Crippen molar-refractivity contribution in [1.82, 2.24) is 10.6 Å². The van der Waals surface area contributed by atoms with E-state index in [9.17, 15) is 4.79 Å². The van der Waals surface area contributed by atoms with Crippen molar-refractivity contribution in [3.8, 4) is 0 Å². The molecule has 0 saturated carbocycles. The minimum absolute atomic E-state index is 0. The highest BCUT2D eigenvalue weighted by Crippen LogP contribution is 2.23. The third-order valence-electron chi connectivity index (χ3n) is 2.59. The molecule has 0 bridgehead atoms. The molecule has 2 fully saturated rings. The van der Waals surface area contributed by atoms with Crippen LogP contribution in [0.4, 0.5) is 0 Å². The Morgan fingerprint density at radius 2 is 2.00 bits per heavy atom. The number of nitrogens with one attached hydrogen (secondary N) is 2. The molecular weight excluding hydrogens is 215 g/mol. The van der Waals surface area contributed by atoms with E-state index in [-0.39, 0.29) is 30.9 Å². The fraction of sp³-hybridized carbons (Fsp3) is 0.857. The lowest BCUT2D eigenvalue weighted by Gasteiger charge is -2.07. The second-order valence-corrected chi connectivity index (χ2v) is 3.32. The number of hydrogen-bond acceptors (Lipinski definition) is 3. The first-order chi connectivity index (χ1) is 5.27. The molecule has 6 heteroatoms. The number of fused-ring (bicyclic) bond motifs is 1. The summed E-state index contributed by atoms with van der Waals surface area (Å²) in [5.41, 5.74) is 0. The summed E-state index contributed by atoms with van der Waals surface area (Å²) in [6.07, 6.45) is 0.785. The lowest BCUT2D eigenvalue weighted by atomic mass is 10.0. The summed E-state index contributed by atoms with van der Waals surface area (Å²) in [6, 6.07) is 0.100. The van der Waals surface area contributed by atoms with Gasteiger partial charge in [-0.05, 0) is 18.9 Å². The first kappa shape index (κ1) is 13.0. The molecule has 0 unspecified atom stereocenters. The predicted octanol–water partition coefficient (Wildman–Crippen LogP) is -0.136. The van der Waals surface area contributed by atoms with Crippen molar-refractivity contribution in [3.05, 3.63) is 0 Å². The average molecular weight is 229 g/mol. The van der Waals surface area contributed by atoms with Gasteiger partial charge in [0, 0.05) is 12.6 Å². The monoisotopic (exact) mass is 228 g/mol. The molecule has 2 rings (SSSR count). The van der Waals surface area contributed by atoms with Crippen molar-refractivity contribution < 1.29 is 9.90 Å². The van der Waals surface area contributed by atoms with Gasteiger partial charge < -0.3 is 10.4 Å². The van der Waals surface area contributed by atoms with Gasteiger partial charge in [0.2, 0.25) is 0 Å². The predicted molar refractivity (Wildman–Crippen MR) is 53.8 cm³/mol. The topological polar surface area (TPSA) is 61.4 Å². The number of aliphatic carboxylic acids is 1. The largest absolute Gasteiger partial charge is 0.480 e. The van der Waals surface area contributed by atoms with Gasteiger partial charge in [0.25, 0.3) is 0 Å². The zero-order chi connectivity index (χ0) is 7.84. The van der Waals surface area contributed by atoms with Crippen molar-refractivity contribution >= 4 is 30.8 Å². The van der Waals surface area contributed by atoms with Gasteiger partial charge in [0.1, 0.15) is 6.04 Å². The van der Waals surface area contributed by atoms with E-state index in [1.165, 1.54) is 0 Å². The molecule has 0 radical (unpaired) electrons. The third kappa shape index (κ3) is 2.47. The van der Waals surface area contributed by atoms with Gasteiger partial charge in [0.05, 0.1) is 0 Å². The average Bonchev–Trinajstić information content (AvgIpc) is 2.40. The van der Waals surface area contributed by atoms with Crippen LogP contribution in [0.15, 0.2) is 0 Å². The van der Waals surface area contributed by atoms with E-state index in [0.717, 1.165) is 19.5 Å². The standard InChI is InChI=1S/C7H12N2O2.2ClH/c10-7(11)5-1-4-2-8-3-6(4)9-5;;/h4-6,8-9H,1-3H2,(H,10,11);2*1H/t4-,5-,6+;;/m0../s1. The molecule has 2 saturated heterocycles. The molecule has 0 aromatic heterocycles. The van der Waals surface area contributed by atoms with Crippen molar-refractivity contribution in [2.24, 2.45) is 5.92 Å². The molecule has 3 N–H and O–H groups in total. The van der Waals surface area contributed by atoms with Gasteiger partial charge in [-0.2, -0.15) is 0 Å². The van der Waals surface area contributed by atoms with Crippen LogP contribution in [-0.2, 0) is 4.79 Å². The van der Waals surface area contributed by atoms with Gasteiger partial charge in [0.15, 0.2) is 0 Å². The van der Waals surface area contributed by atoms with Crippen LogP contribution in [0.3, 0.4) is 0 Å². The fourth-order valence-electron chi connectivity index (χ4n) is 1.98. The molecule has 4 nitrogen and oxygen atoms in total. The Bertz CT molecular complexity index is 179. The number of carboxylic acid groups (broad SMARTS) is 1. The molecule has 2 aliphatic rings. The van der Waals surface area contributed by atoms with Gasteiger partial charge in [-0.15, -0.1) is 24.8 Å². The van der Waals surface area contributed by atoms with E-state index in [1.54, 1.807) is 0 Å². The minimum atomic E-state index is -0.709. The Balaban J connectivity index is 0.000000720. The quantitative estimate of drug-likeness (QED) is 0.586. The molecule has 78 valence electrons. The van der Waals surface area contributed by atoms with Gasteiger partial charge >= 0.3 is 5.97 Å². The molecule has 2 heterocycles. The Labute approximate surface area is 89.3 Å². The van der Waals surface area contributed by atoms with Crippen LogP contribution in [0.2, 0.25) is 0 Å². The summed E-state index contributed by atoms with van der Waals surface area (Å²) in [4.78, 5) is 10.5. The number of carbonyl (C=O) groups is 1. The van der Waals surface area contributed by atoms with E-state index >= 15 is 0 Å². The van der Waals surface area contributed by atoms with E-state index < -0.39 is 5.97 Å². The Hall–Kier alpha value is -0.0300. The summed E-state index contributed by atoms with van der Waals surface area (Å²) in [6.45, 7) is 1.90. The molecule has 0 amide bonds. The molecule has 3 atom stereocenters. The van der Waals surface area contributed by atoms with Gasteiger partial charge in [-0.1, -0.05) is 0 Å². The summed E-state index contributed by atoms with van der Waals surface area (Å²) >= 11 is 0. The number of halogens is 2. The lowest BCUT2D eigenvalue weighted by Crippen LogP contribution is -2.38. The normalized spacial score (nSPS) is 35.8. The van der Waals surface area contributed by atoms with Crippen LogP contribution in [0.1, 0.15) is 6.42 Å². The lowest BCUT2D eigenvalue weighted by molar-refractivity contribution is -0.139. The van der Waals surface area contributed by atoms with Crippen LogP contribution in [0.25, 0.3) is 0 Å². The van der Waals surface area contributed by atoms with Crippen LogP contribution in [-0.4, -0.2) is 36.2 Å². The molecule has 13 heavy (non-hydrogen) atoms. The molecule has 0 spiro atoms. The number of rotatable bonds is 1. The van der Waals surface area contributed by atoms with Gasteiger partial charge in [-0.25, -0.2) is 0 Å². The highest BCUT2D eigenvalue weighted by molar-refractivity contribution is 5.85. The summed E-state index contributed by atoms with van der Waals surface area (Å²) in [5, 5.41) is 15.0. The summed E-state index contributed by atoms with van der Waals surface area (Å²) in [5.74, 6) is -0.171. The first-order valence-electron chi connectivity index (χ1n) is 3.97. The minimum Gasteiger partial charge on any atom is -0.480 e. The number of carboxylic acids is 1. The van der Waals surface area contributed by atoms with Crippen molar-refractivity contribution in [2.75, 3.05) is 13.1 Å². The number of hydrogen-bond donors (Lipinski definition) is 3. The Morgan fingerprint density at radius 3 is 2.54 bits per heavy atom. The highest BCUT2D eigenvalue weighted by atomic mass is 35.5. The smallest absolute Gasteiger partial charge is 0.320 e. The fourth-order valence-corrected chi connectivity index (χ4v) is 1.98. The highest BCUT2D eigenvalue weighted by Gasteiger charge is 2.39. The Kier molecular flexibility index (Phi) is 4.99. The van der Waals surface area contributed by atoms with Crippen LogP contribution in [0, 0.1) is 5.92 Å². The van der Waals surface area contributed by atoms with Crippen LogP contribution in [0.5, 0.6) is 0 Å². The molecular formula is C7H14Cl2N2O2. The first-order valence-corrected chi connectivity index (χ1v) is 3.97. The molecule has 0 aromatic carbocycles.